The van der Waals surface area contributed by atoms with Crippen LogP contribution in [0.25, 0.3) is 0 Å². The van der Waals surface area contributed by atoms with E-state index in [1.165, 1.54) is 25.7 Å². The van der Waals surface area contributed by atoms with Gasteiger partial charge in [-0.25, -0.2) is 9.97 Å². The molecule has 5 heteroatoms. The fourth-order valence-electron chi connectivity index (χ4n) is 2.19. The van der Waals surface area contributed by atoms with Gasteiger partial charge in [-0.1, -0.05) is 12.8 Å². The molecule has 0 saturated carbocycles. The van der Waals surface area contributed by atoms with Gasteiger partial charge >= 0.3 is 0 Å². The minimum Gasteiger partial charge on any atom is -0.349 e. The molecule has 0 amide bonds. The molecule has 2 heterocycles. The van der Waals surface area contributed by atoms with Crippen LogP contribution in [0.4, 0.5) is 0 Å². The quantitative estimate of drug-likeness (QED) is 0.603. The van der Waals surface area contributed by atoms with Gasteiger partial charge in [-0.2, -0.15) is 0 Å². The molecule has 4 N–H and O–H groups in total. The largest absolute Gasteiger partial charge is 0.349 e. The van der Waals surface area contributed by atoms with Crippen LogP contribution in [-0.2, 0) is 19.3 Å². The monoisotopic (exact) mass is 261 g/mol. The first-order valence-corrected chi connectivity index (χ1v) is 7.09. The number of hydrogen-bond donors (Lipinski definition) is 3. The van der Waals surface area contributed by atoms with Crippen LogP contribution in [0.2, 0.25) is 0 Å². The van der Waals surface area contributed by atoms with E-state index in [1.54, 1.807) is 0 Å². The molecule has 0 aliphatic carbocycles. The number of nitrogens with zero attached hydrogens (tertiary/aromatic N) is 2. The van der Waals surface area contributed by atoms with Crippen molar-refractivity contribution in [2.24, 2.45) is 5.73 Å². The molecular formula is C14H23N5. The molecule has 19 heavy (non-hydrogen) atoms. The van der Waals surface area contributed by atoms with Crippen LogP contribution >= 0.6 is 0 Å². The molecule has 0 atom stereocenters. The number of aryl methyl sites for hydroxylation is 2. The van der Waals surface area contributed by atoms with Gasteiger partial charge in [-0.05, 0) is 19.4 Å². The van der Waals surface area contributed by atoms with E-state index in [2.05, 4.69) is 19.9 Å². The van der Waals surface area contributed by atoms with Gasteiger partial charge in [0.2, 0.25) is 0 Å². The average Bonchev–Trinajstić information content (AvgIpc) is 3.06. The maximum Gasteiger partial charge on any atom is 0.106 e. The summed E-state index contributed by atoms with van der Waals surface area (Å²) in [6.07, 6.45) is 13.4. The number of unbranched alkanes of at least 4 members (excludes halogenated alkanes) is 3. The Bertz CT molecular complexity index is 446. The molecule has 0 radical (unpaired) electrons. The Morgan fingerprint density at radius 3 is 2.42 bits per heavy atom. The van der Waals surface area contributed by atoms with Gasteiger partial charge in [0, 0.05) is 43.5 Å². The minimum atomic E-state index is 0.675. The molecule has 0 spiro atoms. The van der Waals surface area contributed by atoms with Crippen molar-refractivity contribution in [1.29, 1.82) is 0 Å². The maximum atomic E-state index is 5.51. The zero-order valence-corrected chi connectivity index (χ0v) is 11.4. The Morgan fingerprint density at radius 1 is 0.947 bits per heavy atom. The predicted octanol–water partition coefficient (Wildman–Crippen LogP) is 1.98. The number of nitrogens with one attached hydrogen (secondary N) is 2. The first kappa shape index (κ1) is 13.8. The highest BCUT2D eigenvalue weighted by Gasteiger charge is 2.00. The molecule has 0 unspecified atom stereocenters. The van der Waals surface area contributed by atoms with E-state index in [0.717, 1.165) is 36.6 Å². The summed E-state index contributed by atoms with van der Waals surface area (Å²) >= 11 is 0. The van der Waals surface area contributed by atoms with Crippen molar-refractivity contribution in [2.45, 2.75) is 44.9 Å². The molecule has 2 rings (SSSR count). The maximum absolute atomic E-state index is 5.51. The van der Waals surface area contributed by atoms with Crippen LogP contribution in [0.15, 0.2) is 18.6 Å². The lowest BCUT2D eigenvalue weighted by Crippen LogP contribution is -2.02. The summed E-state index contributed by atoms with van der Waals surface area (Å²) in [7, 11) is 0. The predicted molar refractivity (Wildman–Crippen MR) is 75.8 cm³/mol. The molecule has 0 aliphatic rings. The molecule has 0 aliphatic heterocycles. The van der Waals surface area contributed by atoms with Crippen LogP contribution in [0, 0.1) is 0 Å². The molecule has 0 aromatic carbocycles. The molecule has 0 fully saturated rings. The summed E-state index contributed by atoms with van der Waals surface area (Å²) in [6.45, 7) is 0.675. The fourth-order valence-corrected chi connectivity index (χ4v) is 2.19. The molecule has 5 nitrogen and oxygen atoms in total. The highest BCUT2D eigenvalue weighted by atomic mass is 14.9. The summed E-state index contributed by atoms with van der Waals surface area (Å²) in [4.78, 5) is 15.0. The SMILES string of the molecule is NCCc1cnc(CCCCCCc2ncc[nH]2)[nH]1. The molecule has 2 aromatic heterocycles. The van der Waals surface area contributed by atoms with Crippen LogP contribution in [0.1, 0.15) is 43.0 Å². The van der Waals surface area contributed by atoms with Gasteiger partial charge < -0.3 is 15.7 Å². The number of aromatic amines is 2. The van der Waals surface area contributed by atoms with Gasteiger partial charge in [0.25, 0.3) is 0 Å². The molecule has 104 valence electrons. The second-order valence-electron chi connectivity index (χ2n) is 4.84. The smallest absolute Gasteiger partial charge is 0.106 e. The summed E-state index contributed by atoms with van der Waals surface area (Å²) in [6, 6.07) is 0. The number of nitrogens with two attached hydrogens (primary N) is 1. The highest BCUT2D eigenvalue weighted by Crippen LogP contribution is 2.08. The lowest BCUT2D eigenvalue weighted by molar-refractivity contribution is 0.624. The molecule has 2 aromatic rings. The summed E-state index contributed by atoms with van der Waals surface area (Å²) < 4.78 is 0. The van der Waals surface area contributed by atoms with Gasteiger partial charge in [0.1, 0.15) is 11.6 Å². The van der Waals surface area contributed by atoms with E-state index in [-0.39, 0.29) is 0 Å². The van der Waals surface area contributed by atoms with E-state index in [4.69, 9.17) is 5.73 Å². The Hall–Kier alpha value is -1.62. The lowest BCUT2D eigenvalue weighted by Gasteiger charge is -1.99. The highest BCUT2D eigenvalue weighted by molar-refractivity contribution is 5.01. The van der Waals surface area contributed by atoms with E-state index < -0.39 is 0 Å². The Balaban J connectivity index is 1.53. The third kappa shape index (κ3) is 4.87. The Kier molecular flexibility index (Phi) is 5.62. The van der Waals surface area contributed by atoms with Crippen molar-refractivity contribution >= 4 is 0 Å². The number of aromatic nitrogens is 4. The van der Waals surface area contributed by atoms with Crippen LogP contribution < -0.4 is 5.73 Å². The van der Waals surface area contributed by atoms with E-state index in [1.807, 2.05) is 18.6 Å². The first-order chi connectivity index (χ1) is 9.38. The number of rotatable bonds is 9. The zero-order valence-electron chi connectivity index (χ0n) is 11.4. The fraction of sp³-hybridized carbons (Fsp3) is 0.571. The number of H-pyrrole nitrogens is 2. The van der Waals surface area contributed by atoms with Crippen LogP contribution in [0.5, 0.6) is 0 Å². The zero-order chi connectivity index (χ0) is 13.3. The third-order valence-electron chi connectivity index (χ3n) is 3.23. The van der Waals surface area contributed by atoms with Gasteiger partial charge in [-0.3, -0.25) is 0 Å². The van der Waals surface area contributed by atoms with Gasteiger partial charge in [0.15, 0.2) is 0 Å². The second kappa shape index (κ2) is 7.74. The van der Waals surface area contributed by atoms with Crippen LogP contribution in [0.3, 0.4) is 0 Å². The number of imidazole rings is 2. The topological polar surface area (TPSA) is 83.4 Å². The Labute approximate surface area is 114 Å². The molecular weight excluding hydrogens is 238 g/mol. The second-order valence-corrected chi connectivity index (χ2v) is 4.84. The van der Waals surface area contributed by atoms with Crippen molar-refractivity contribution < 1.29 is 0 Å². The van der Waals surface area contributed by atoms with Crippen LogP contribution in [-0.4, -0.2) is 26.5 Å². The normalized spacial score (nSPS) is 11.0. The standard InChI is InChI=1S/C14H23N5/c15-8-7-12-11-18-14(19-12)6-4-2-1-3-5-13-16-9-10-17-13/h9-11H,1-8,15H2,(H,16,17)(H,18,19). The third-order valence-corrected chi connectivity index (χ3v) is 3.23. The van der Waals surface area contributed by atoms with Gasteiger partial charge in [-0.15, -0.1) is 0 Å². The van der Waals surface area contributed by atoms with E-state index >= 15 is 0 Å². The van der Waals surface area contributed by atoms with E-state index in [9.17, 15) is 0 Å². The van der Waals surface area contributed by atoms with Crippen molar-refractivity contribution in [3.63, 3.8) is 0 Å². The average molecular weight is 261 g/mol. The molecule has 0 saturated heterocycles. The van der Waals surface area contributed by atoms with E-state index in [0.29, 0.717) is 6.54 Å². The lowest BCUT2D eigenvalue weighted by atomic mass is 10.1. The number of hydrogen-bond acceptors (Lipinski definition) is 3. The van der Waals surface area contributed by atoms with Crippen molar-refractivity contribution in [2.75, 3.05) is 6.54 Å². The van der Waals surface area contributed by atoms with Crippen molar-refractivity contribution in [1.82, 2.24) is 19.9 Å². The van der Waals surface area contributed by atoms with Crippen molar-refractivity contribution in [3.05, 3.63) is 35.9 Å². The summed E-state index contributed by atoms with van der Waals surface area (Å²) in [5, 5.41) is 0. The summed E-state index contributed by atoms with van der Waals surface area (Å²) in [5.41, 5.74) is 6.66. The Morgan fingerprint density at radius 2 is 1.74 bits per heavy atom. The van der Waals surface area contributed by atoms with Crippen molar-refractivity contribution in [3.8, 4) is 0 Å². The minimum absolute atomic E-state index is 0.675. The van der Waals surface area contributed by atoms with Gasteiger partial charge in [0.05, 0.1) is 0 Å². The summed E-state index contributed by atoms with van der Waals surface area (Å²) in [5.74, 6) is 2.19. The first-order valence-electron chi connectivity index (χ1n) is 7.09. The molecule has 0 bridgehead atoms.